The third-order valence-electron chi connectivity index (χ3n) is 4.55. The number of aryl methyl sites for hydroxylation is 1. The molecule has 2 unspecified atom stereocenters. The Morgan fingerprint density at radius 3 is 2.89 bits per heavy atom. The summed E-state index contributed by atoms with van der Waals surface area (Å²) >= 11 is 0. The predicted octanol–water partition coefficient (Wildman–Crippen LogP) is 1.89. The number of hydrogen-bond donors (Lipinski definition) is 1. The van der Waals surface area contributed by atoms with Gasteiger partial charge in [0.1, 0.15) is 0 Å². The van der Waals surface area contributed by atoms with Crippen LogP contribution in [0.25, 0.3) is 0 Å². The first kappa shape index (κ1) is 12.7. The van der Waals surface area contributed by atoms with Gasteiger partial charge >= 0.3 is 0 Å². The fourth-order valence-electron chi connectivity index (χ4n) is 3.45. The number of fused-ring (bicyclic) bond motifs is 2. The van der Waals surface area contributed by atoms with Crippen LogP contribution in [0.1, 0.15) is 30.4 Å². The van der Waals surface area contributed by atoms with Gasteiger partial charge in [0.25, 0.3) is 0 Å². The molecule has 2 aliphatic heterocycles. The third kappa shape index (κ3) is 2.52. The second kappa shape index (κ2) is 5.33. The van der Waals surface area contributed by atoms with Crippen molar-refractivity contribution in [2.24, 2.45) is 0 Å². The van der Waals surface area contributed by atoms with Crippen molar-refractivity contribution in [2.45, 2.75) is 44.7 Å². The molecule has 0 radical (unpaired) electrons. The molecule has 2 heterocycles. The van der Waals surface area contributed by atoms with E-state index in [-0.39, 0.29) is 0 Å². The van der Waals surface area contributed by atoms with E-state index in [2.05, 4.69) is 29.3 Å². The van der Waals surface area contributed by atoms with Crippen molar-refractivity contribution in [3.05, 3.63) is 35.4 Å². The summed E-state index contributed by atoms with van der Waals surface area (Å²) in [4.78, 5) is 14.8. The fraction of sp³-hybridized carbons (Fsp3) is 0.562. The Labute approximate surface area is 115 Å². The number of carbonyl (C=O) groups excluding carboxylic acids is 1. The zero-order valence-corrected chi connectivity index (χ0v) is 11.6. The average molecular weight is 258 g/mol. The van der Waals surface area contributed by atoms with Crippen LogP contribution in [-0.2, 0) is 11.2 Å². The molecule has 2 saturated heterocycles. The summed E-state index contributed by atoms with van der Waals surface area (Å²) in [5, 5.41) is 3.44. The smallest absolute Gasteiger partial charge is 0.227 e. The lowest BCUT2D eigenvalue weighted by Gasteiger charge is -2.28. The van der Waals surface area contributed by atoms with Crippen molar-refractivity contribution in [3.63, 3.8) is 0 Å². The van der Waals surface area contributed by atoms with Gasteiger partial charge < -0.3 is 10.2 Å². The molecule has 2 fully saturated rings. The normalized spacial score (nSPS) is 26.3. The number of benzene rings is 1. The fourth-order valence-corrected chi connectivity index (χ4v) is 3.45. The first-order chi connectivity index (χ1) is 9.25. The first-order valence-electron chi connectivity index (χ1n) is 7.32. The topological polar surface area (TPSA) is 32.3 Å². The molecule has 1 N–H and O–H groups in total. The first-order valence-corrected chi connectivity index (χ1v) is 7.32. The van der Waals surface area contributed by atoms with E-state index in [4.69, 9.17) is 0 Å². The Kier molecular flexibility index (Phi) is 3.56. The molecule has 19 heavy (non-hydrogen) atoms. The molecule has 3 nitrogen and oxygen atoms in total. The van der Waals surface area contributed by atoms with Crippen LogP contribution in [0.2, 0.25) is 0 Å². The van der Waals surface area contributed by atoms with Crippen LogP contribution >= 0.6 is 0 Å². The predicted molar refractivity (Wildman–Crippen MR) is 76.0 cm³/mol. The second-order valence-electron chi connectivity index (χ2n) is 5.78. The van der Waals surface area contributed by atoms with Crippen LogP contribution in [0, 0.1) is 6.92 Å². The molecule has 1 amide bonds. The van der Waals surface area contributed by atoms with Crippen molar-refractivity contribution in [1.29, 1.82) is 0 Å². The van der Waals surface area contributed by atoms with Crippen LogP contribution in [0.5, 0.6) is 0 Å². The number of amides is 1. The van der Waals surface area contributed by atoms with Crippen molar-refractivity contribution < 1.29 is 4.79 Å². The summed E-state index contributed by atoms with van der Waals surface area (Å²) in [6, 6.07) is 9.10. The highest BCUT2D eigenvalue weighted by molar-refractivity contribution is 5.80. The molecule has 3 heteroatoms. The molecule has 0 spiro atoms. The van der Waals surface area contributed by atoms with E-state index in [9.17, 15) is 4.79 Å². The van der Waals surface area contributed by atoms with Crippen LogP contribution < -0.4 is 5.32 Å². The molecule has 3 rings (SSSR count). The van der Waals surface area contributed by atoms with Gasteiger partial charge in [-0.3, -0.25) is 4.79 Å². The second-order valence-corrected chi connectivity index (χ2v) is 5.78. The van der Waals surface area contributed by atoms with E-state index in [1.165, 1.54) is 17.5 Å². The van der Waals surface area contributed by atoms with Gasteiger partial charge in [-0.2, -0.15) is 0 Å². The summed E-state index contributed by atoms with van der Waals surface area (Å²) in [5.41, 5.74) is 2.39. The van der Waals surface area contributed by atoms with Gasteiger partial charge in [-0.25, -0.2) is 0 Å². The summed E-state index contributed by atoms with van der Waals surface area (Å²) in [7, 11) is 0. The van der Waals surface area contributed by atoms with Crippen LogP contribution in [0.15, 0.2) is 24.3 Å². The van der Waals surface area contributed by atoms with Gasteiger partial charge in [0.2, 0.25) is 5.91 Å². The zero-order valence-electron chi connectivity index (χ0n) is 11.6. The molecule has 2 bridgehead atoms. The standard InChI is InChI=1S/C16H22N2O/c1-12-4-2-3-5-13(12)10-16(19)18-14-6-7-15(18)11-17-9-8-14/h2-5,14-15,17H,6-11H2,1H3. The SMILES string of the molecule is Cc1ccccc1CC(=O)N1C2CCNCC1CC2. The van der Waals surface area contributed by atoms with E-state index < -0.39 is 0 Å². The summed E-state index contributed by atoms with van der Waals surface area (Å²) in [6.07, 6.45) is 4.01. The van der Waals surface area contributed by atoms with Crippen LogP contribution in [0.4, 0.5) is 0 Å². The Bertz CT molecular complexity index is 458. The van der Waals surface area contributed by atoms with Gasteiger partial charge in [0, 0.05) is 18.6 Å². The Balaban J connectivity index is 1.75. The Morgan fingerprint density at radius 2 is 2.05 bits per heavy atom. The summed E-state index contributed by atoms with van der Waals surface area (Å²) in [6.45, 7) is 4.10. The summed E-state index contributed by atoms with van der Waals surface area (Å²) in [5.74, 6) is 0.311. The lowest BCUT2D eigenvalue weighted by molar-refractivity contribution is -0.133. The van der Waals surface area contributed by atoms with Crippen LogP contribution in [-0.4, -0.2) is 36.0 Å². The Morgan fingerprint density at radius 1 is 1.26 bits per heavy atom. The minimum atomic E-state index is 0.311. The largest absolute Gasteiger partial charge is 0.335 e. The average Bonchev–Trinajstić information content (AvgIpc) is 2.66. The van der Waals surface area contributed by atoms with Crippen molar-refractivity contribution >= 4 is 5.91 Å². The highest BCUT2D eigenvalue weighted by atomic mass is 16.2. The molecular weight excluding hydrogens is 236 g/mol. The highest BCUT2D eigenvalue weighted by Gasteiger charge is 2.37. The minimum absolute atomic E-state index is 0.311. The zero-order chi connectivity index (χ0) is 13.2. The highest BCUT2D eigenvalue weighted by Crippen LogP contribution is 2.28. The summed E-state index contributed by atoms with van der Waals surface area (Å²) < 4.78 is 0. The monoisotopic (exact) mass is 258 g/mol. The molecule has 0 aromatic heterocycles. The maximum Gasteiger partial charge on any atom is 0.227 e. The van der Waals surface area contributed by atoms with Gasteiger partial charge in [-0.15, -0.1) is 0 Å². The number of rotatable bonds is 2. The quantitative estimate of drug-likeness (QED) is 0.878. The molecule has 2 aliphatic rings. The maximum atomic E-state index is 12.6. The molecule has 0 aliphatic carbocycles. The molecule has 2 atom stereocenters. The molecular formula is C16H22N2O. The molecule has 1 aromatic rings. The van der Waals surface area contributed by atoms with E-state index >= 15 is 0 Å². The van der Waals surface area contributed by atoms with E-state index in [0.29, 0.717) is 24.4 Å². The van der Waals surface area contributed by atoms with E-state index in [0.717, 1.165) is 25.9 Å². The number of hydrogen-bond acceptors (Lipinski definition) is 2. The number of carbonyl (C=O) groups is 1. The lowest BCUT2D eigenvalue weighted by atomic mass is 10.0. The van der Waals surface area contributed by atoms with E-state index in [1.54, 1.807) is 0 Å². The van der Waals surface area contributed by atoms with Crippen molar-refractivity contribution in [2.75, 3.05) is 13.1 Å². The van der Waals surface area contributed by atoms with Gasteiger partial charge in [0.15, 0.2) is 0 Å². The molecule has 1 aromatic carbocycles. The van der Waals surface area contributed by atoms with E-state index in [1.807, 2.05) is 12.1 Å². The van der Waals surface area contributed by atoms with Gasteiger partial charge in [-0.1, -0.05) is 24.3 Å². The third-order valence-corrected chi connectivity index (χ3v) is 4.55. The van der Waals surface area contributed by atoms with Crippen molar-refractivity contribution in [1.82, 2.24) is 10.2 Å². The molecule has 102 valence electrons. The number of nitrogens with zero attached hydrogens (tertiary/aromatic N) is 1. The minimum Gasteiger partial charge on any atom is -0.335 e. The molecule has 0 saturated carbocycles. The lowest BCUT2D eigenvalue weighted by Crippen LogP contribution is -2.43. The Hall–Kier alpha value is -1.35. The van der Waals surface area contributed by atoms with Gasteiger partial charge in [0.05, 0.1) is 6.42 Å². The van der Waals surface area contributed by atoms with Crippen LogP contribution in [0.3, 0.4) is 0 Å². The maximum absolute atomic E-state index is 12.6. The number of nitrogens with one attached hydrogen (secondary N) is 1. The van der Waals surface area contributed by atoms with Crippen molar-refractivity contribution in [3.8, 4) is 0 Å². The van der Waals surface area contributed by atoms with Gasteiger partial charge in [-0.05, 0) is 43.9 Å².